The molecular formula is C19H44N2. The number of rotatable bonds is 4. The van der Waals surface area contributed by atoms with Crippen LogP contribution in [0.2, 0.25) is 0 Å². The van der Waals surface area contributed by atoms with Crippen LogP contribution in [0.4, 0.5) is 0 Å². The number of hydrogen-bond donors (Lipinski definition) is 0. The molecule has 0 unspecified atom stereocenters. The van der Waals surface area contributed by atoms with Gasteiger partial charge in [-0.05, 0) is 57.3 Å². The van der Waals surface area contributed by atoms with Gasteiger partial charge in [-0.1, -0.05) is 55.4 Å². The summed E-state index contributed by atoms with van der Waals surface area (Å²) in [6, 6.07) is 0. The van der Waals surface area contributed by atoms with E-state index in [1.807, 2.05) is 41.5 Å². The molecule has 2 heterocycles. The van der Waals surface area contributed by atoms with Crippen LogP contribution in [0.3, 0.4) is 0 Å². The lowest BCUT2D eigenvalue weighted by molar-refractivity contribution is 0.0728. The Hall–Kier alpha value is -0.0800. The van der Waals surface area contributed by atoms with Crippen molar-refractivity contribution in [1.29, 1.82) is 0 Å². The Morgan fingerprint density at radius 1 is 0.667 bits per heavy atom. The molecule has 0 aromatic carbocycles. The first-order valence-electron chi connectivity index (χ1n) is 9.76. The number of nitrogens with zero attached hydrogens (tertiary/aromatic N) is 2. The Balaban J connectivity index is 0. The summed E-state index contributed by atoms with van der Waals surface area (Å²) < 4.78 is 0. The summed E-state index contributed by atoms with van der Waals surface area (Å²) in [7, 11) is 0. The predicted octanol–water partition coefficient (Wildman–Crippen LogP) is 5.14. The first-order valence-corrected chi connectivity index (χ1v) is 9.76. The lowest BCUT2D eigenvalue weighted by Crippen LogP contribution is -2.47. The minimum atomic E-state index is 1.03. The number of likely N-dealkylation sites (tertiary alicyclic amines) is 2. The monoisotopic (exact) mass is 300 g/mol. The molecule has 0 radical (unpaired) electrons. The van der Waals surface area contributed by atoms with Crippen LogP contribution in [0, 0.1) is 11.8 Å². The molecule has 0 N–H and O–H groups in total. The third-order valence-electron chi connectivity index (χ3n) is 4.30. The van der Waals surface area contributed by atoms with Gasteiger partial charge in [-0.3, -0.25) is 0 Å². The summed E-state index contributed by atoms with van der Waals surface area (Å²) in [6.07, 6.45) is 4.42. The Labute approximate surface area is 136 Å². The molecule has 130 valence electrons. The van der Waals surface area contributed by atoms with E-state index in [-0.39, 0.29) is 0 Å². The third kappa shape index (κ3) is 9.52. The second-order valence-electron chi connectivity index (χ2n) is 5.33. The van der Waals surface area contributed by atoms with Gasteiger partial charge in [0.25, 0.3) is 0 Å². The minimum Gasteiger partial charge on any atom is -0.304 e. The van der Waals surface area contributed by atoms with E-state index in [1.54, 1.807) is 0 Å². The van der Waals surface area contributed by atoms with Gasteiger partial charge in [0.2, 0.25) is 0 Å². The molecule has 0 aromatic rings. The van der Waals surface area contributed by atoms with Crippen LogP contribution in [0.25, 0.3) is 0 Å². The second kappa shape index (κ2) is 16.3. The molecule has 2 nitrogen and oxygen atoms in total. The zero-order valence-corrected chi connectivity index (χ0v) is 16.4. The van der Waals surface area contributed by atoms with Gasteiger partial charge in [-0.25, -0.2) is 0 Å². The summed E-state index contributed by atoms with van der Waals surface area (Å²) in [5.41, 5.74) is 0. The van der Waals surface area contributed by atoms with E-state index in [4.69, 9.17) is 0 Å². The highest BCUT2D eigenvalue weighted by Crippen LogP contribution is 2.28. The van der Waals surface area contributed by atoms with E-state index in [1.165, 1.54) is 58.5 Å². The van der Waals surface area contributed by atoms with Gasteiger partial charge in [0.1, 0.15) is 0 Å². The zero-order valence-electron chi connectivity index (χ0n) is 16.4. The average molecular weight is 301 g/mol. The van der Waals surface area contributed by atoms with Gasteiger partial charge in [0.15, 0.2) is 0 Å². The van der Waals surface area contributed by atoms with Crippen LogP contribution in [0.15, 0.2) is 0 Å². The first-order chi connectivity index (χ1) is 10.3. The predicted molar refractivity (Wildman–Crippen MR) is 99.1 cm³/mol. The quantitative estimate of drug-likeness (QED) is 0.709. The Kier molecular flexibility index (Phi) is 18.0. The highest BCUT2D eigenvalue weighted by atomic mass is 15.2. The maximum atomic E-state index is 2.59. The largest absolute Gasteiger partial charge is 0.304 e. The molecule has 2 fully saturated rings. The van der Waals surface area contributed by atoms with Crippen LogP contribution in [-0.2, 0) is 0 Å². The summed E-state index contributed by atoms with van der Waals surface area (Å²) in [5.74, 6) is 2.07. The molecule has 2 heteroatoms. The maximum absolute atomic E-state index is 2.59. The van der Waals surface area contributed by atoms with Crippen LogP contribution in [0.5, 0.6) is 0 Å². The van der Waals surface area contributed by atoms with E-state index in [0.717, 1.165) is 11.8 Å². The van der Waals surface area contributed by atoms with Gasteiger partial charge in [-0.2, -0.15) is 0 Å². The molecule has 21 heavy (non-hydrogen) atoms. The molecule has 0 aliphatic carbocycles. The Morgan fingerprint density at radius 2 is 1.10 bits per heavy atom. The molecule has 2 rings (SSSR count). The number of piperidine rings is 1. The smallest absolute Gasteiger partial charge is 0.00220 e. The summed E-state index contributed by atoms with van der Waals surface area (Å²) in [6.45, 7) is 24.5. The van der Waals surface area contributed by atoms with Gasteiger partial charge >= 0.3 is 0 Å². The van der Waals surface area contributed by atoms with Crippen molar-refractivity contribution in [3.63, 3.8) is 0 Å². The highest BCUT2D eigenvalue weighted by Gasteiger charge is 2.29. The molecular weight excluding hydrogens is 256 g/mol. The summed E-state index contributed by atoms with van der Waals surface area (Å²) in [5, 5.41) is 0. The molecule has 2 aliphatic rings. The normalized spacial score (nSPS) is 20.0. The van der Waals surface area contributed by atoms with Crippen molar-refractivity contribution in [2.75, 3.05) is 39.3 Å². The van der Waals surface area contributed by atoms with Crippen LogP contribution >= 0.6 is 0 Å². The summed E-state index contributed by atoms with van der Waals surface area (Å²) >= 11 is 0. The molecule has 2 saturated heterocycles. The van der Waals surface area contributed by atoms with Crippen LogP contribution in [-0.4, -0.2) is 49.1 Å². The van der Waals surface area contributed by atoms with E-state index in [0.29, 0.717) is 0 Å². The Morgan fingerprint density at radius 3 is 1.48 bits per heavy atom. The van der Waals surface area contributed by atoms with E-state index in [9.17, 15) is 0 Å². The lowest BCUT2D eigenvalue weighted by atomic mass is 9.84. The standard InChI is InChI=1S/C13H26N2.3C2H6/c1-3-14-7-5-12(6-8-14)9-13-10-15(4-2)11-13;3*1-2/h12-13H,3-11H2,1-2H3;3*1-2H3. The fourth-order valence-corrected chi connectivity index (χ4v) is 3.09. The molecule has 0 amide bonds. The first kappa shape index (κ1) is 23.2. The zero-order chi connectivity index (χ0) is 16.7. The topological polar surface area (TPSA) is 6.48 Å². The van der Waals surface area contributed by atoms with Crippen molar-refractivity contribution in [1.82, 2.24) is 9.80 Å². The van der Waals surface area contributed by atoms with E-state index >= 15 is 0 Å². The molecule has 0 bridgehead atoms. The van der Waals surface area contributed by atoms with E-state index in [2.05, 4.69) is 23.6 Å². The van der Waals surface area contributed by atoms with Crippen molar-refractivity contribution in [3.05, 3.63) is 0 Å². The van der Waals surface area contributed by atoms with Gasteiger partial charge < -0.3 is 9.80 Å². The highest BCUT2D eigenvalue weighted by molar-refractivity contribution is 4.82. The molecule has 2 aliphatic heterocycles. The third-order valence-corrected chi connectivity index (χ3v) is 4.30. The number of hydrogen-bond acceptors (Lipinski definition) is 2. The van der Waals surface area contributed by atoms with Gasteiger partial charge in [0, 0.05) is 13.1 Å². The molecule has 0 aromatic heterocycles. The minimum absolute atomic E-state index is 1.03. The summed E-state index contributed by atoms with van der Waals surface area (Å²) in [4.78, 5) is 5.15. The maximum Gasteiger partial charge on any atom is 0.00220 e. The van der Waals surface area contributed by atoms with Crippen LogP contribution < -0.4 is 0 Å². The average Bonchev–Trinajstić information content (AvgIpc) is 2.56. The van der Waals surface area contributed by atoms with Gasteiger partial charge in [-0.15, -0.1) is 0 Å². The molecule has 0 atom stereocenters. The second-order valence-corrected chi connectivity index (χ2v) is 5.33. The van der Waals surface area contributed by atoms with Crippen molar-refractivity contribution in [2.24, 2.45) is 11.8 Å². The fourth-order valence-electron chi connectivity index (χ4n) is 3.09. The fraction of sp³-hybridized carbons (Fsp3) is 1.00. The molecule has 0 saturated carbocycles. The van der Waals surface area contributed by atoms with Gasteiger partial charge in [0.05, 0.1) is 0 Å². The lowest BCUT2D eigenvalue weighted by Gasteiger charge is -2.41. The van der Waals surface area contributed by atoms with Crippen molar-refractivity contribution < 1.29 is 0 Å². The Bertz CT molecular complexity index is 180. The van der Waals surface area contributed by atoms with Crippen molar-refractivity contribution in [2.45, 2.75) is 74.7 Å². The van der Waals surface area contributed by atoms with Crippen molar-refractivity contribution in [3.8, 4) is 0 Å². The molecule has 0 spiro atoms. The van der Waals surface area contributed by atoms with E-state index < -0.39 is 0 Å². The van der Waals surface area contributed by atoms with Crippen LogP contribution in [0.1, 0.15) is 74.7 Å². The van der Waals surface area contributed by atoms with Crippen molar-refractivity contribution >= 4 is 0 Å². The SMILES string of the molecule is CC.CC.CC.CCN1CCC(CC2CN(CC)C2)CC1.